The van der Waals surface area contributed by atoms with Crippen molar-refractivity contribution in [2.75, 3.05) is 0 Å². The Morgan fingerprint density at radius 1 is 1.05 bits per heavy atom. The van der Waals surface area contributed by atoms with Gasteiger partial charge in [-0.05, 0) is 36.3 Å². The highest BCUT2D eigenvalue weighted by Crippen LogP contribution is 2.24. The summed E-state index contributed by atoms with van der Waals surface area (Å²) in [5.41, 5.74) is 6.31. The first kappa shape index (κ1) is 13.1. The Hall–Kier alpha value is -2.88. The van der Waals surface area contributed by atoms with E-state index in [0.29, 0.717) is 5.75 Å². The van der Waals surface area contributed by atoms with Crippen LogP contribution in [-0.2, 0) is 0 Å². The number of ether oxygens (including phenoxy) is 1. The minimum absolute atomic E-state index is 0.481. The van der Waals surface area contributed by atoms with Gasteiger partial charge in [0.15, 0.2) is 0 Å². The lowest BCUT2D eigenvalue weighted by Gasteiger charge is -2.05. The van der Waals surface area contributed by atoms with Crippen molar-refractivity contribution >= 4 is 17.9 Å². The van der Waals surface area contributed by atoms with Gasteiger partial charge in [-0.25, -0.2) is 10.2 Å². The standard InChI is InChI=1S/C17H14N2O2/c1-12-11-13-7-5-6-10-15(13)16(12)18-19-17(20)21-14-8-3-2-4-9-14/h2-11H,1H3,(H,19,20)/b18-16-. The summed E-state index contributed by atoms with van der Waals surface area (Å²) in [4.78, 5) is 11.7. The van der Waals surface area contributed by atoms with Crippen LogP contribution in [0.15, 0.2) is 65.3 Å². The number of hydrogen-bond acceptors (Lipinski definition) is 3. The van der Waals surface area contributed by atoms with Crippen LogP contribution in [0, 0.1) is 0 Å². The first-order valence-corrected chi connectivity index (χ1v) is 6.62. The second-order valence-corrected chi connectivity index (χ2v) is 4.69. The van der Waals surface area contributed by atoms with Crippen LogP contribution in [0.2, 0.25) is 0 Å². The first-order chi connectivity index (χ1) is 10.2. The van der Waals surface area contributed by atoms with Gasteiger partial charge in [0.1, 0.15) is 5.75 Å². The third-order valence-electron chi connectivity index (χ3n) is 3.17. The molecule has 0 bridgehead atoms. The molecule has 0 aromatic heterocycles. The number of rotatable bonds is 2. The number of benzene rings is 2. The molecule has 2 aromatic carbocycles. The molecule has 4 heteroatoms. The van der Waals surface area contributed by atoms with E-state index < -0.39 is 6.09 Å². The molecule has 0 saturated heterocycles. The van der Waals surface area contributed by atoms with E-state index in [9.17, 15) is 4.79 Å². The normalized spacial score (nSPS) is 14.5. The predicted octanol–water partition coefficient (Wildman–Crippen LogP) is 3.60. The Kier molecular flexibility index (Phi) is 3.51. The highest BCUT2D eigenvalue weighted by atomic mass is 16.6. The molecule has 0 saturated carbocycles. The Bertz CT molecular complexity index is 733. The van der Waals surface area contributed by atoms with Crippen molar-refractivity contribution in [2.24, 2.45) is 5.10 Å². The van der Waals surface area contributed by atoms with Gasteiger partial charge in [0.25, 0.3) is 0 Å². The van der Waals surface area contributed by atoms with Gasteiger partial charge in [-0.1, -0.05) is 42.5 Å². The molecule has 0 aliphatic heterocycles. The number of amides is 1. The van der Waals surface area contributed by atoms with Gasteiger partial charge >= 0.3 is 6.09 Å². The molecule has 4 nitrogen and oxygen atoms in total. The van der Waals surface area contributed by atoms with Gasteiger partial charge in [-0.15, -0.1) is 0 Å². The van der Waals surface area contributed by atoms with E-state index in [0.717, 1.165) is 22.4 Å². The summed E-state index contributed by atoms with van der Waals surface area (Å²) in [5.74, 6) is 0.481. The van der Waals surface area contributed by atoms with E-state index in [-0.39, 0.29) is 0 Å². The van der Waals surface area contributed by atoms with E-state index in [4.69, 9.17) is 4.74 Å². The maximum atomic E-state index is 11.7. The average Bonchev–Trinajstić information content (AvgIpc) is 2.81. The number of fused-ring (bicyclic) bond motifs is 1. The van der Waals surface area contributed by atoms with Crippen LogP contribution in [0.25, 0.3) is 6.08 Å². The number of carbonyl (C=O) groups excluding carboxylic acids is 1. The molecule has 0 unspecified atom stereocenters. The van der Waals surface area contributed by atoms with E-state index in [1.54, 1.807) is 24.3 Å². The van der Waals surface area contributed by atoms with Crippen molar-refractivity contribution in [3.05, 3.63) is 71.3 Å². The molecule has 0 radical (unpaired) electrons. The van der Waals surface area contributed by atoms with Crippen molar-refractivity contribution in [2.45, 2.75) is 6.92 Å². The maximum Gasteiger partial charge on any atom is 0.433 e. The van der Waals surface area contributed by atoms with Crippen LogP contribution >= 0.6 is 0 Å². The van der Waals surface area contributed by atoms with Crippen molar-refractivity contribution in [3.63, 3.8) is 0 Å². The summed E-state index contributed by atoms with van der Waals surface area (Å²) >= 11 is 0. The molecule has 0 heterocycles. The molecule has 0 atom stereocenters. The van der Waals surface area contributed by atoms with Crippen LogP contribution in [0.4, 0.5) is 4.79 Å². The Morgan fingerprint density at radius 2 is 1.76 bits per heavy atom. The summed E-state index contributed by atoms with van der Waals surface area (Å²) in [7, 11) is 0. The largest absolute Gasteiger partial charge is 0.433 e. The van der Waals surface area contributed by atoms with E-state index in [1.165, 1.54) is 0 Å². The zero-order valence-electron chi connectivity index (χ0n) is 11.5. The fourth-order valence-electron chi connectivity index (χ4n) is 2.22. The summed E-state index contributed by atoms with van der Waals surface area (Å²) < 4.78 is 5.12. The van der Waals surface area contributed by atoms with Gasteiger partial charge in [0, 0.05) is 5.56 Å². The number of nitrogens with zero attached hydrogens (tertiary/aromatic N) is 1. The SMILES string of the molecule is CC1=Cc2ccccc2/C1=N\NC(=O)Oc1ccccc1. The average molecular weight is 278 g/mol. The predicted molar refractivity (Wildman–Crippen MR) is 82.2 cm³/mol. The zero-order chi connectivity index (χ0) is 14.7. The van der Waals surface area contributed by atoms with Crippen molar-refractivity contribution in [1.29, 1.82) is 0 Å². The zero-order valence-corrected chi connectivity index (χ0v) is 11.5. The second kappa shape index (κ2) is 5.63. The van der Waals surface area contributed by atoms with E-state index in [2.05, 4.69) is 10.5 Å². The lowest BCUT2D eigenvalue weighted by molar-refractivity contribution is 0.201. The summed E-state index contributed by atoms with van der Waals surface area (Å²) in [6, 6.07) is 16.8. The molecule has 1 aliphatic rings. The van der Waals surface area contributed by atoms with Crippen molar-refractivity contribution in [3.8, 4) is 5.75 Å². The minimum Gasteiger partial charge on any atom is -0.409 e. The third kappa shape index (κ3) is 2.84. The number of para-hydroxylation sites is 1. The first-order valence-electron chi connectivity index (χ1n) is 6.62. The molecule has 0 spiro atoms. The van der Waals surface area contributed by atoms with Crippen LogP contribution in [0.3, 0.4) is 0 Å². The van der Waals surface area contributed by atoms with Gasteiger partial charge in [-0.3, -0.25) is 0 Å². The maximum absolute atomic E-state index is 11.7. The van der Waals surface area contributed by atoms with Crippen molar-refractivity contribution < 1.29 is 9.53 Å². The molecule has 1 aliphatic carbocycles. The topological polar surface area (TPSA) is 50.7 Å². The number of hydrogen-bond donors (Lipinski definition) is 1. The fraction of sp³-hybridized carbons (Fsp3) is 0.0588. The monoisotopic (exact) mass is 278 g/mol. The van der Waals surface area contributed by atoms with Gasteiger partial charge in [0.05, 0.1) is 5.71 Å². The lowest BCUT2D eigenvalue weighted by atomic mass is 10.1. The molecule has 0 fully saturated rings. The molecular formula is C17H14N2O2. The molecule has 1 N–H and O–H groups in total. The summed E-state index contributed by atoms with van der Waals surface area (Å²) in [6.45, 7) is 1.96. The Morgan fingerprint density at radius 3 is 2.57 bits per heavy atom. The van der Waals surface area contributed by atoms with Gasteiger partial charge < -0.3 is 4.74 Å². The van der Waals surface area contributed by atoms with E-state index in [1.807, 2.05) is 43.3 Å². The third-order valence-corrected chi connectivity index (χ3v) is 3.17. The molecule has 3 rings (SSSR count). The summed E-state index contributed by atoms with van der Waals surface area (Å²) in [6.07, 6.45) is 1.43. The second-order valence-electron chi connectivity index (χ2n) is 4.69. The summed E-state index contributed by atoms with van der Waals surface area (Å²) in [5, 5.41) is 4.17. The van der Waals surface area contributed by atoms with Gasteiger partial charge in [0.2, 0.25) is 0 Å². The lowest BCUT2D eigenvalue weighted by Crippen LogP contribution is -2.23. The van der Waals surface area contributed by atoms with Crippen LogP contribution < -0.4 is 10.2 Å². The molecular weight excluding hydrogens is 264 g/mol. The molecule has 104 valence electrons. The van der Waals surface area contributed by atoms with Crippen LogP contribution in [0.5, 0.6) is 5.75 Å². The van der Waals surface area contributed by atoms with Gasteiger partial charge in [-0.2, -0.15) is 5.10 Å². The quantitative estimate of drug-likeness (QED) is 0.853. The molecule has 1 amide bonds. The van der Waals surface area contributed by atoms with Crippen LogP contribution in [0.1, 0.15) is 18.1 Å². The smallest absolute Gasteiger partial charge is 0.409 e. The van der Waals surface area contributed by atoms with Crippen LogP contribution in [-0.4, -0.2) is 11.8 Å². The van der Waals surface area contributed by atoms with E-state index >= 15 is 0 Å². The fourth-order valence-corrected chi connectivity index (χ4v) is 2.22. The number of hydrazone groups is 1. The number of nitrogens with one attached hydrogen (secondary N) is 1. The highest BCUT2D eigenvalue weighted by molar-refractivity contribution is 6.20. The number of allylic oxidation sites excluding steroid dienone is 1. The Balaban J connectivity index is 1.72. The number of carbonyl (C=O) groups is 1. The highest BCUT2D eigenvalue weighted by Gasteiger charge is 2.17. The van der Waals surface area contributed by atoms with Crippen molar-refractivity contribution in [1.82, 2.24) is 5.43 Å². The minimum atomic E-state index is -0.606. The Labute approximate surface area is 122 Å². The molecule has 2 aromatic rings. The molecule has 21 heavy (non-hydrogen) atoms.